The van der Waals surface area contributed by atoms with Gasteiger partial charge in [0.25, 0.3) is 5.91 Å². The van der Waals surface area contributed by atoms with Crippen LogP contribution in [0.3, 0.4) is 0 Å². The Morgan fingerprint density at radius 2 is 1.79 bits per heavy atom. The molecule has 0 radical (unpaired) electrons. The lowest BCUT2D eigenvalue weighted by Crippen LogP contribution is -2.24. The molecule has 0 heterocycles. The van der Waals surface area contributed by atoms with E-state index in [-0.39, 0.29) is 12.5 Å². The first-order chi connectivity index (χ1) is 11.7. The van der Waals surface area contributed by atoms with Crippen molar-refractivity contribution in [2.75, 3.05) is 19.5 Å². The van der Waals surface area contributed by atoms with E-state index in [1.165, 1.54) is 4.90 Å². The second-order valence-corrected chi connectivity index (χ2v) is 5.61. The van der Waals surface area contributed by atoms with Crippen LogP contribution in [0.25, 0.3) is 0 Å². The van der Waals surface area contributed by atoms with Crippen LogP contribution in [0.1, 0.15) is 12.5 Å². The molecular formula is C18H20N2O3S. The molecule has 24 heavy (non-hydrogen) atoms. The van der Waals surface area contributed by atoms with E-state index >= 15 is 0 Å². The summed E-state index contributed by atoms with van der Waals surface area (Å²) < 4.78 is 10.9. The highest BCUT2D eigenvalue weighted by molar-refractivity contribution is 7.98. The van der Waals surface area contributed by atoms with Crippen LogP contribution < -0.4 is 14.9 Å². The highest BCUT2D eigenvalue weighted by Gasteiger charge is 2.06. The number of ether oxygens (including phenoxy) is 2. The molecule has 0 aliphatic rings. The Bertz CT molecular complexity index is 687. The highest BCUT2D eigenvalue weighted by atomic mass is 32.2. The molecule has 5 nitrogen and oxygen atoms in total. The van der Waals surface area contributed by atoms with Gasteiger partial charge in [-0.25, -0.2) is 5.43 Å². The molecule has 0 bridgehead atoms. The highest BCUT2D eigenvalue weighted by Crippen LogP contribution is 2.26. The summed E-state index contributed by atoms with van der Waals surface area (Å²) >= 11 is 1.67. The van der Waals surface area contributed by atoms with Crippen molar-refractivity contribution < 1.29 is 14.3 Å². The standard InChI is InChI=1S/C18H20N2O3S/c1-3-22-16-6-4-5-7-17(16)23-13-18(21)20-19-12-14-8-10-15(24-2)11-9-14/h4-12H,3,13H2,1-2H3,(H,20,21)/b19-12-. The summed E-state index contributed by atoms with van der Waals surface area (Å²) in [4.78, 5) is 13.0. The molecule has 1 N–H and O–H groups in total. The molecule has 126 valence electrons. The van der Waals surface area contributed by atoms with E-state index in [0.29, 0.717) is 18.1 Å². The number of nitrogens with one attached hydrogen (secondary N) is 1. The van der Waals surface area contributed by atoms with Gasteiger partial charge in [-0.1, -0.05) is 24.3 Å². The van der Waals surface area contributed by atoms with Gasteiger partial charge in [0.1, 0.15) is 0 Å². The molecule has 0 saturated heterocycles. The van der Waals surface area contributed by atoms with Crippen molar-refractivity contribution in [3.8, 4) is 11.5 Å². The average molecular weight is 344 g/mol. The van der Waals surface area contributed by atoms with Crippen molar-refractivity contribution >= 4 is 23.9 Å². The third-order valence-corrected chi connectivity index (χ3v) is 3.77. The molecule has 0 aliphatic heterocycles. The molecular weight excluding hydrogens is 324 g/mol. The smallest absolute Gasteiger partial charge is 0.277 e. The summed E-state index contributed by atoms with van der Waals surface area (Å²) in [6.45, 7) is 2.29. The topological polar surface area (TPSA) is 59.9 Å². The number of rotatable bonds is 8. The molecule has 2 aromatic carbocycles. The van der Waals surface area contributed by atoms with Crippen LogP contribution in [0.15, 0.2) is 58.5 Å². The molecule has 0 aliphatic carbocycles. The van der Waals surface area contributed by atoms with Crippen molar-refractivity contribution in [2.24, 2.45) is 5.10 Å². The molecule has 0 unspecified atom stereocenters. The molecule has 2 rings (SSSR count). The lowest BCUT2D eigenvalue weighted by Gasteiger charge is -2.10. The fourth-order valence-corrected chi connectivity index (χ4v) is 2.30. The second-order valence-electron chi connectivity index (χ2n) is 4.73. The van der Waals surface area contributed by atoms with Gasteiger partial charge in [0.2, 0.25) is 0 Å². The number of hydrogen-bond donors (Lipinski definition) is 1. The maximum absolute atomic E-state index is 11.8. The van der Waals surface area contributed by atoms with Crippen LogP contribution in [0, 0.1) is 0 Å². The lowest BCUT2D eigenvalue weighted by atomic mass is 10.2. The van der Waals surface area contributed by atoms with E-state index in [0.717, 1.165) is 5.56 Å². The summed E-state index contributed by atoms with van der Waals surface area (Å²) in [5, 5.41) is 3.93. The van der Waals surface area contributed by atoms with Gasteiger partial charge in [-0.3, -0.25) is 4.79 Å². The Morgan fingerprint density at radius 3 is 2.42 bits per heavy atom. The fourth-order valence-electron chi connectivity index (χ4n) is 1.89. The van der Waals surface area contributed by atoms with Gasteiger partial charge in [-0.05, 0) is 43.0 Å². The zero-order valence-electron chi connectivity index (χ0n) is 13.7. The molecule has 0 atom stereocenters. The van der Waals surface area contributed by atoms with E-state index in [2.05, 4.69) is 10.5 Å². The largest absolute Gasteiger partial charge is 0.490 e. The van der Waals surface area contributed by atoms with Crippen molar-refractivity contribution in [3.63, 3.8) is 0 Å². The molecule has 2 aromatic rings. The first kappa shape index (κ1) is 17.9. The number of thioether (sulfide) groups is 1. The van der Waals surface area contributed by atoms with Crippen LogP contribution in [0.2, 0.25) is 0 Å². The minimum atomic E-state index is -0.335. The maximum atomic E-state index is 11.8. The molecule has 1 amide bonds. The number of carbonyl (C=O) groups is 1. The summed E-state index contributed by atoms with van der Waals surface area (Å²) in [6.07, 6.45) is 3.61. The maximum Gasteiger partial charge on any atom is 0.277 e. The van der Waals surface area contributed by atoms with Crippen LogP contribution in [0.5, 0.6) is 11.5 Å². The first-order valence-corrected chi connectivity index (χ1v) is 8.76. The van der Waals surface area contributed by atoms with Gasteiger partial charge < -0.3 is 9.47 Å². The second kappa shape index (κ2) is 9.62. The molecule has 0 spiro atoms. The minimum Gasteiger partial charge on any atom is -0.490 e. The van der Waals surface area contributed by atoms with Crippen LogP contribution >= 0.6 is 11.8 Å². The van der Waals surface area contributed by atoms with Gasteiger partial charge in [-0.15, -0.1) is 11.8 Å². The van der Waals surface area contributed by atoms with Crippen LogP contribution in [0.4, 0.5) is 0 Å². The summed E-state index contributed by atoms with van der Waals surface area (Å²) in [6, 6.07) is 15.1. The zero-order valence-corrected chi connectivity index (χ0v) is 14.5. The number of benzene rings is 2. The van der Waals surface area contributed by atoms with Crippen molar-refractivity contribution in [1.82, 2.24) is 5.43 Å². The third-order valence-electron chi connectivity index (χ3n) is 3.03. The summed E-state index contributed by atoms with van der Waals surface area (Å²) in [7, 11) is 0. The van der Waals surface area contributed by atoms with Gasteiger partial charge in [0.05, 0.1) is 12.8 Å². The number of amides is 1. The van der Waals surface area contributed by atoms with Crippen molar-refractivity contribution in [3.05, 3.63) is 54.1 Å². The lowest BCUT2D eigenvalue weighted by molar-refractivity contribution is -0.123. The van der Waals surface area contributed by atoms with Gasteiger partial charge in [-0.2, -0.15) is 5.10 Å². The summed E-state index contributed by atoms with van der Waals surface area (Å²) in [5.41, 5.74) is 3.35. The Kier molecular flexibility index (Phi) is 7.17. The molecule has 0 fully saturated rings. The SMILES string of the molecule is CCOc1ccccc1OCC(=O)N/N=C\c1ccc(SC)cc1. The van der Waals surface area contributed by atoms with E-state index in [4.69, 9.17) is 9.47 Å². The van der Waals surface area contributed by atoms with E-state index in [1.807, 2.05) is 49.6 Å². The molecule has 0 aromatic heterocycles. The average Bonchev–Trinajstić information content (AvgIpc) is 2.62. The van der Waals surface area contributed by atoms with Crippen LogP contribution in [-0.2, 0) is 4.79 Å². The third kappa shape index (κ3) is 5.62. The van der Waals surface area contributed by atoms with E-state index in [9.17, 15) is 4.79 Å². The predicted octanol–water partition coefficient (Wildman–Crippen LogP) is 3.34. The minimum absolute atomic E-state index is 0.132. The van der Waals surface area contributed by atoms with Gasteiger partial charge in [0.15, 0.2) is 18.1 Å². The summed E-state index contributed by atoms with van der Waals surface area (Å²) in [5.74, 6) is 0.814. The number of carbonyl (C=O) groups excluding carboxylic acids is 1. The quantitative estimate of drug-likeness (QED) is 0.453. The zero-order chi connectivity index (χ0) is 17.2. The Hall–Kier alpha value is -2.47. The first-order valence-electron chi connectivity index (χ1n) is 7.53. The fraction of sp³-hybridized carbons (Fsp3) is 0.222. The number of para-hydroxylation sites is 2. The van der Waals surface area contributed by atoms with Crippen LogP contribution in [-0.4, -0.2) is 31.6 Å². The molecule has 0 saturated carbocycles. The Labute approximate surface area is 146 Å². The number of nitrogens with zero attached hydrogens (tertiary/aromatic N) is 1. The Balaban J connectivity index is 1.82. The van der Waals surface area contributed by atoms with Gasteiger partial charge >= 0.3 is 0 Å². The van der Waals surface area contributed by atoms with Crippen molar-refractivity contribution in [1.29, 1.82) is 0 Å². The predicted molar refractivity (Wildman–Crippen MR) is 97.1 cm³/mol. The Morgan fingerprint density at radius 1 is 1.12 bits per heavy atom. The van der Waals surface area contributed by atoms with Crippen molar-refractivity contribution in [2.45, 2.75) is 11.8 Å². The monoisotopic (exact) mass is 344 g/mol. The number of hydrazone groups is 1. The van der Waals surface area contributed by atoms with Gasteiger partial charge in [0, 0.05) is 4.90 Å². The molecule has 6 heteroatoms. The van der Waals surface area contributed by atoms with E-state index in [1.54, 1.807) is 30.1 Å². The number of hydrogen-bond acceptors (Lipinski definition) is 5. The normalized spacial score (nSPS) is 10.6. The van der Waals surface area contributed by atoms with E-state index < -0.39 is 0 Å².